The van der Waals surface area contributed by atoms with Crippen molar-refractivity contribution < 1.29 is 14.7 Å². The van der Waals surface area contributed by atoms with Gasteiger partial charge in [0.05, 0.1) is 5.69 Å². The number of anilines is 2. The Morgan fingerprint density at radius 2 is 1.93 bits per heavy atom. The number of aromatic nitrogens is 2. The van der Waals surface area contributed by atoms with Crippen LogP contribution in [0, 0.1) is 12.8 Å². The van der Waals surface area contributed by atoms with Gasteiger partial charge in [-0.1, -0.05) is 25.3 Å². The number of pyridine rings is 1. The van der Waals surface area contributed by atoms with Crippen molar-refractivity contribution in [2.45, 2.75) is 57.3 Å². The third-order valence-corrected chi connectivity index (χ3v) is 7.22. The van der Waals surface area contributed by atoms with Crippen LogP contribution in [0.4, 0.5) is 10.9 Å². The van der Waals surface area contributed by atoms with Crippen molar-refractivity contribution in [3.8, 4) is 0 Å². The number of carboxylic acids is 1. The molecule has 4 rings (SSSR count). The van der Waals surface area contributed by atoms with Crippen molar-refractivity contribution in [2.75, 3.05) is 18.4 Å². The average molecular weight is 429 g/mol. The molecule has 2 N–H and O–H groups in total. The molecule has 160 valence electrons. The van der Waals surface area contributed by atoms with Gasteiger partial charge in [-0.2, -0.15) is 0 Å². The minimum atomic E-state index is -1.07. The topological polar surface area (TPSA) is 95.4 Å². The predicted molar refractivity (Wildman–Crippen MR) is 116 cm³/mol. The summed E-state index contributed by atoms with van der Waals surface area (Å²) in [5, 5.41) is 14.0. The fourth-order valence-corrected chi connectivity index (χ4v) is 5.26. The van der Waals surface area contributed by atoms with Gasteiger partial charge in [0.1, 0.15) is 11.2 Å². The number of thiazole rings is 1. The lowest BCUT2D eigenvalue weighted by molar-refractivity contribution is -0.149. The van der Waals surface area contributed by atoms with Gasteiger partial charge in [-0.3, -0.25) is 9.59 Å². The Morgan fingerprint density at radius 3 is 2.57 bits per heavy atom. The van der Waals surface area contributed by atoms with Crippen molar-refractivity contribution in [1.82, 2.24) is 14.9 Å². The maximum atomic E-state index is 12.9. The quantitative estimate of drug-likeness (QED) is 0.744. The highest BCUT2D eigenvalue weighted by molar-refractivity contribution is 7.15. The van der Waals surface area contributed by atoms with Gasteiger partial charge in [-0.15, -0.1) is 11.3 Å². The lowest BCUT2D eigenvalue weighted by Crippen LogP contribution is -2.50. The molecule has 2 aromatic rings. The molecular formula is C22H28N4O3S. The van der Waals surface area contributed by atoms with Gasteiger partial charge in [0, 0.05) is 30.1 Å². The minimum Gasteiger partial charge on any atom is -0.481 e. The minimum absolute atomic E-state index is 0.114. The number of carbonyl (C=O) groups is 2. The summed E-state index contributed by atoms with van der Waals surface area (Å²) in [6.07, 6.45) is 7.92. The van der Waals surface area contributed by atoms with Crippen molar-refractivity contribution in [3.63, 3.8) is 0 Å². The Morgan fingerprint density at radius 1 is 1.20 bits per heavy atom. The molecule has 3 heterocycles. The first kappa shape index (κ1) is 20.8. The zero-order valence-corrected chi connectivity index (χ0v) is 18.1. The van der Waals surface area contributed by atoms with E-state index in [2.05, 4.69) is 15.3 Å². The highest BCUT2D eigenvalue weighted by Crippen LogP contribution is 2.37. The number of nitrogens with zero attached hydrogens (tertiary/aromatic N) is 3. The molecule has 0 spiro atoms. The van der Waals surface area contributed by atoms with Crippen molar-refractivity contribution in [1.29, 1.82) is 0 Å². The summed E-state index contributed by atoms with van der Waals surface area (Å²) in [5.41, 5.74) is -0.530. The summed E-state index contributed by atoms with van der Waals surface area (Å²) >= 11 is 1.52. The fraction of sp³-hybridized carbons (Fsp3) is 0.545. The molecule has 30 heavy (non-hydrogen) atoms. The van der Waals surface area contributed by atoms with Crippen LogP contribution in [0.5, 0.6) is 0 Å². The number of aryl methyl sites for hydroxylation is 1. The molecule has 1 aliphatic heterocycles. The summed E-state index contributed by atoms with van der Waals surface area (Å²) in [5.74, 6) is 0.0323. The molecule has 1 saturated carbocycles. The Hall–Kier alpha value is -2.48. The molecule has 7 nitrogen and oxygen atoms in total. The van der Waals surface area contributed by atoms with E-state index in [4.69, 9.17) is 0 Å². The highest BCUT2D eigenvalue weighted by Gasteiger charge is 2.45. The third-order valence-electron chi connectivity index (χ3n) is 6.39. The first-order valence-corrected chi connectivity index (χ1v) is 11.5. The van der Waals surface area contributed by atoms with Gasteiger partial charge < -0.3 is 15.3 Å². The zero-order valence-electron chi connectivity index (χ0n) is 17.3. The summed E-state index contributed by atoms with van der Waals surface area (Å²) in [6, 6.07) is 5.43. The molecule has 0 bridgehead atoms. The molecule has 1 aliphatic carbocycles. The monoisotopic (exact) mass is 428 g/mol. The summed E-state index contributed by atoms with van der Waals surface area (Å²) in [7, 11) is 0. The summed E-state index contributed by atoms with van der Waals surface area (Å²) < 4.78 is 0. The Bertz CT molecular complexity index is 915. The van der Waals surface area contributed by atoms with Gasteiger partial charge in [0.15, 0.2) is 5.13 Å². The van der Waals surface area contributed by atoms with Gasteiger partial charge in [0.2, 0.25) is 5.91 Å². The number of nitrogens with one attached hydrogen (secondary N) is 1. The molecule has 2 fully saturated rings. The summed E-state index contributed by atoms with van der Waals surface area (Å²) in [6.45, 7) is 2.91. The first-order valence-electron chi connectivity index (χ1n) is 10.7. The van der Waals surface area contributed by atoms with Crippen LogP contribution in [0.3, 0.4) is 0 Å². The van der Waals surface area contributed by atoms with E-state index >= 15 is 0 Å². The number of rotatable bonds is 5. The van der Waals surface area contributed by atoms with E-state index in [0.29, 0.717) is 37.4 Å². The van der Waals surface area contributed by atoms with Crippen LogP contribution in [0.2, 0.25) is 0 Å². The van der Waals surface area contributed by atoms with E-state index in [1.807, 2.05) is 24.0 Å². The maximum Gasteiger partial charge on any atom is 0.315 e. The van der Waals surface area contributed by atoms with E-state index in [-0.39, 0.29) is 11.8 Å². The Labute approximate surface area is 180 Å². The number of piperidine rings is 1. The second-order valence-corrected chi connectivity index (χ2v) is 9.59. The maximum absolute atomic E-state index is 12.9. The lowest BCUT2D eigenvalue weighted by Gasteiger charge is -2.40. The molecule has 1 amide bonds. The number of amides is 1. The molecule has 2 aliphatic rings. The van der Waals surface area contributed by atoms with Gasteiger partial charge >= 0.3 is 5.97 Å². The molecule has 2 aromatic heterocycles. The molecule has 8 heteroatoms. The van der Waals surface area contributed by atoms with E-state index in [9.17, 15) is 14.7 Å². The number of carboxylic acid groups (broad SMARTS) is 1. The van der Waals surface area contributed by atoms with Crippen molar-refractivity contribution in [2.24, 2.45) is 5.92 Å². The van der Waals surface area contributed by atoms with Crippen molar-refractivity contribution in [3.05, 3.63) is 35.0 Å². The van der Waals surface area contributed by atoms with Gasteiger partial charge in [0.25, 0.3) is 0 Å². The predicted octanol–water partition coefficient (Wildman–Crippen LogP) is 4.12. The van der Waals surface area contributed by atoms with E-state index in [1.165, 1.54) is 17.8 Å². The molecule has 0 aromatic carbocycles. The summed E-state index contributed by atoms with van der Waals surface area (Å²) in [4.78, 5) is 37.1. The van der Waals surface area contributed by atoms with Crippen LogP contribution >= 0.6 is 11.3 Å². The largest absolute Gasteiger partial charge is 0.481 e. The molecule has 0 atom stereocenters. The van der Waals surface area contributed by atoms with Crippen LogP contribution in [-0.2, 0) is 15.0 Å². The molecule has 0 unspecified atom stereocenters. The Balaban J connectivity index is 1.49. The smallest absolute Gasteiger partial charge is 0.315 e. The third kappa shape index (κ3) is 4.19. The van der Waals surface area contributed by atoms with Crippen LogP contribution < -0.4 is 5.32 Å². The normalized spacial score (nSPS) is 19.4. The standard InChI is InChI=1S/C22H28N4O3S/c1-15-14-23-21(30-15)25-18-9-5-8-17(24-18)22(20(28)29)10-12-26(13-11-22)19(27)16-6-3-2-4-7-16/h5,8-9,14,16H,2-4,6-7,10-13H2,1H3,(H,28,29)(H,23,24,25). The van der Waals surface area contributed by atoms with Crippen LogP contribution in [0.25, 0.3) is 0 Å². The SMILES string of the molecule is Cc1cnc(Nc2cccc(C3(C(=O)O)CCN(C(=O)C4CCCCC4)CC3)n2)s1. The molecule has 0 radical (unpaired) electrons. The number of aliphatic carboxylic acids is 1. The number of likely N-dealkylation sites (tertiary alicyclic amines) is 1. The Kier molecular flexibility index (Phi) is 6.04. The molecule has 1 saturated heterocycles. The number of hydrogen-bond acceptors (Lipinski definition) is 6. The second kappa shape index (κ2) is 8.71. The number of hydrogen-bond donors (Lipinski definition) is 2. The fourth-order valence-electron chi connectivity index (χ4n) is 4.59. The number of carbonyl (C=O) groups excluding carboxylic acids is 1. The average Bonchev–Trinajstić information content (AvgIpc) is 3.18. The van der Waals surface area contributed by atoms with Crippen LogP contribution in [0.1, 0.15) is 55.5 Å². The van der Waals surface area contributed by atoms with Crippen LogP contribution in [0.15, 0.2) is 24.4 Å². The highest BCUT2D eigenvalue weighted by atomic mass is 32.1. The molecular weight excluding hydrogens is 400 g/mol. The zero-order chi connectivity index (χ0) is 21.1. The van der Waals surface area contributed by atoms with E-state index in [0.717, 1.165) is 35.7 Å². The second-order valence-electron chi connectivity index (χ2n) is 8.36. The van der Waals surface area contributed by atoms with Crippen LogP contribution in [-0.4, -0.2) is 44.9 Å². The van der Waals surface area contributed by atoms with E-state index < -0.39 is 11.4 Å². The van der Waals surface area contributed by atoms with Gasteiger partial charge in [-0.05, 0) is 44.7 Å². The lowest BCUT2D eigenvalue weighted by atomic mass is 9.75. The van der Waals surface area contributed by atoms with Gasteiger partial charge in [-0.25, -0.2) is 9.97 Å². The first-order chi connectivity index (χ1) is 14.5. The van der Waals surface area contributed by atoms with E-state index in [1.54, 1.807) is 12.3 Å². The van der Waals surface area contributed by atoms with Crippen molar-refractivity contribution >= 4 is 34.2 Å².